The summed E-state index contributed by atoms with van der Waals surface area (Å²) in [6.45, 7) is 1.95. The second-order valence-corrected chi connectivity index (χ2v) is 5.08. The third-order valence-corrected chi connectivity index (χ3v) is 3.53. The summed E-state index contributed by atoms with van der Waals surface area (Å²) >= 11 is 6.02. The number of hydrogen-bond donors (Lipinski definition) is 1. The maximum absolute atomic E-state index is 6.02. The van der Waals surface area contributed by atoms with Gasteiger partial charge in [-0.25, -0.2) is 4.98 Å². The number of aryl methyl sites for hydroxylation is 1. The van der Waals surface area contributed by atoms with Crippen LogP contribution in [0.5, 0.6) is 0 Å². The van der Waals surface area contributed by atoms with E-state index < -0.39 is 0 Å². The minimum Gasteiger partial charge on any atom is -0.360 e. The van der Waals surface area contributed by atoms with Gasteiger partial charge in [-0.15, -0.1) is 0 Å². The summed E-state index contributed by atoms with van der Waals surface area (Å²) < 4.78 is 1.74. The van der Waals surface area contributed by atoms with Gasteiger partial charge in [-0.05, 0) is 25.1 Å². The predicted molar refractivity (Wildman–Crippen MR) is 77.8 cm³/mol. The number of aromatic nitrogens is 5. The van der Waals surface area contributed by atoms with E-state index in [1.807, 2.05) is 37.4 Å². The van der Waals surface area contributed by atoms with E-state index in [0.29, 0.717) is 10.8 Å². The maximum atomic E-state index is 6.02. The highest BCUT2D eigenvalue weighted by Crippen LogP contribution is 2.30. The van der Waals surface area contributed by atoms with Gasteiger partial charge in [0.15, 0.2) is 0 Å². The van der Waals surface area contributed by atoms with Crippen LogP contribution in [-0.4, -0.2) is 24.6 Å². The Kier molecular flexibility index (Phi) is 2.31. The van der Waals surface area contributed by atoms with Crippen LogP contribution >= 0.6 is 11.6 Å². The molecule has 4 rings (SSSR count). The lowest BCUT2D eigenvalue weighted by Gasteiger charge is -2.04. The van der Waals surface area contributed by atoms with Crippen LogP contribution in [-0.2, 0) is 0 Å². The summed E-state index contributed by atoms with van der Waals surface area (Å²) in [5.74, 6) is 0.600. The van der Waals surface area contributed by atoms with Crippen molar-refractivity contribution in [1.82, 2.24) is 24.6 Å². The van der Waals surface area contributed by atoms with Crippen LogP contribution in [0.25, 0.3) is 27.9 Å². The van der Waals surface area contributed by atoms with Gasteiger partial charge in [0.2, 0.25) is 0 Å². The van der Waals surface area contributed by atoms with Gasteiger partial charge in [-0.2, -0.15) is 14.6 Å². The molecule has 0 spiro atoms. The molecule has 5 nitrogen and oxygen atoms in total. The van der Waals surface area contributed by atoms with Crippen LogP contribution in [0, 0.1) is 6.92 Å². The molecule has 4 aromatic rings. The van der Waals surface area contributed by atoms with E-state index in [1.165, 1.54) is 6.33 Å². The number of benzene rings is 1. The van der Waals surface area contributed by atoms with E-state index in [2.05, 4.69) is 20.1 Å². The zero-order chi connectivity index (χ0) is 13.7. The zero-order valence-electron chi connectivity index (χ0n) is 10.6. The van der Waals surface area contributed by atoms with Crippen LogP contribution in [0.1, 0.15) is 5.69 Å². The Hall–Kier alpha value is -2.40. The Morgan fingerprint density at radius 2 is 2.15 bits per heavy atom. The molecule has 0 amide bonds. The number of aromatic amines is 1. The number of nitrogens with one attached hydrogen (secondary N) is 1. The molecule has 3 heterocycles. The van der Waals surface area contributed by atoms with Crippen LogP contribution in [0.15, 0.2) is 36.8 Å². The Morgan fingerprint density at radius 3 is 3.05 bits per heavy atom. The Morgan fingerprint density at radius 1 is 1.25 bits per heavy atom. The summed E-state index contributed by atoms with van der Waals surface area (Å²) in [7, 11) is 0. The molecule has 20 heavy (non-hydrogen) atoms. The van der Waals surface area contributed by atoms with Crippen molar-refractivity contribution >= 4 is 28.3 Å². The molecule has 0 bridgehead atoms. The molecule has 0 aliphatic rings. The first-order chi connectivity index (χ1) is 9.72. The van der Waals surface area contributed by atoms with Gasteiger partial charge < -0.3 is 4.98 Å². The number of hydrogen-bond acceptors (Lipinski definition) is 3. The molecular weight excluding hydrogens is 274 g/mol. The highest BCUT2D eigenvalue weighted by molar-refractivity contribution is 6.31. The third kappa shape index (κ3) is 1.60. The average Bonchev–Trinajstić information content (AvgIpc) is 3.03. The summed E-state index contributed by atoms with van der Waals surface area (Å²) in [6.07, 6.45) is 3.47. The molecule has 0 saturated carbocycles. The van der Waals surface area contributed by atoms with Gasteiger partial charge in [0.1, 0.15) is 6.33 Å². The molecule has 0 aliphatic carbocycles. The van der Waals surface area contributed by atoms with E-state index in [-0.39, 0.29) is 0 Å². The highest BCUT2D eigenvalue weighted by atomic mass is 35.5. The fourth-order valence-electron chi connectivity index (χ4n) is 2.43. The van der Waals surface area contributed by atoms with E-state index in [1.54, 1.807) is 4.52 Å². The molecule has 3 aromatic heterocycles. The van der Waals surface area contributed by atoms with Crippen LogP contribution < -0.4 is 0 Å². The summed E-state index contributed by atoms with van der Waals surface area (Å²) in [4.78, 5) is 11.7. The normalized spacial score (nSPS) is 11.5. The second kappa shape index (κ2) is 4.05. The molecule has 1 aromatic carbocycles. The van der Waals surface area contributed by atoms with Gasteiger partial charge >= 0.3 is 0 Å². The molecule has 0 saturated heterocycles. The molecule has 0 atom stereocenters. The molecule has 0 fully saturated rings. The lowest BCUT2D eigenvalue weighted by molar-refractivity contribution is 0.938. The predicted octanol–water partition coefficient (Wildman–Crippen LogP) is 3.23. The number of rotatable bonds is 1. The molecule has 98 valence electrons. The summed E-state index contributed by atoms with van der Waals surface area (Å²) in [5.41, 5.74) is 3.91. The molecule has 6 heteroatoms. The standard InChI is InChI=1S/C14H10ClN5/c1-8-4-13(20-14(19-8)17-7-18-20)11-6-16-12-5-9(15)2-3-10(11)12/h2-7,16H,1H3. The molecular formula is C14H10ClN5. The monoisotopic (exact) mass is 283 g/mol. The Balaban J connectivity index is 2.08. The lowest BCUT2D eigenvalue weighted by atomic mass is 10.1. The second-order valence-electron chi connectivity index (χ2n) is 4.65. The maximum Gasteiger partial charge on any atom is 0.252 e. The zero-order valence-corrected chi connectivity index (χ0v) is 11.4. The summed E-state index contributed by atoms with van der Waals surface area (Å²) in [5, 5.41) is 6.05. The molecule has 0 aliphatic heterocycles. The minimum atomic E-state index is 0.600. The van der Waals surface area contributed by atoms with Gasteiger partial charge in [0.25, 0.3) is 5.78 Å². The number of H-pyrrole nitrogens is 1. The highest BCUT2D eigenvalue weighted by Gasteiger charge is 2.12. The first-order valence-corrected chi connectivity index (χ1v) is 6.54. The number of fused-ring (bicyclic) bond motifs is 2. The van der Waals surface area contributed by atoms with Crippen molar-refractivity contribution in [2.45, 2.75) is 6.92 Å². The van der Waals surface area contributed by atoms with Gasteiger partial charge in [-0.1, -0.05) is 17.7 Å². The quantitative estimate of drug-likeness (QED) is 0.583. The fraction of sp³-hybridized carbons (Fsp3) is 0.0714. The number of nitrogens with zero attached hydrogens (tertiary/aromatic N) is 4. The van der Waals surface area contributed by atoms with E-state index >= 15 is 0 Å². The van der Waals surface area contributed by atoms with Gasteiger partial charge in [-0.3, -0.25) is 0 Å². The van der Waals surface area contributed by atoms with Crippen molar-refractivity contribution in [2.24, 2.45) is 0 Å². The smallest absolute Gasteiger partial charge is 0.252 e. The molecule has 0 radical (unpaired) electrons. The van der Waals surface area contributed by atoms with E-state index in [0.717, 1.165) is 27.9 Å². The van der Waals surface area contributed by atoms with Crippen molar-refractivity contribution in [3.05, 3.63) is 47.5 Å². The van der Waals surface area contributed by atoms with Gasteiger partial charge in [0.05, 0.1) is 5.69 Å². The Bertz CT molecular complexity index is 937. The molecule has 0 unspecified atom stereocenters. The van der Waals surface area contributed by atoms with Crippen molar-refractivity contribution < 1.29 is 0 Å². The Labute approximate surface area is 119 Å². The van der Waals surface area contributed by atoms with E-state index in [9.17, 15) is 0 Å². The first-order valence-electron chi connectivity index (χ1n) is 6.17. The largest absolute Gasteiger partial charge is 0.360 e. The van der Waals surface area contributed by atoms with E-state index in [4.69, 9.17) is 11.6 Å². The fourth-order valence-corrected chi connectivity index (χ4v) is 2.60. The lowest BCUT2D eigenvalue weighted by Crippen LogP contribution is -1.97. The van der Waals surface area contributed by atoms with Crippen molar-refractivity contribution in [1.29, 1.82) is 0 Å². The minimum absolute atomic E-state index is 0.600. The molecule has 1 N–H and O–H groups in total. The SMILES string of the molecule is Cc1cc(-c2c[nH]c3cc(Cl)ccc23)n2ncnc2n1. The van der Waals surface area contributed by atoms with Crippen LogP contribution in [0.2, 0.25) is 5.02 Å². The van der Waals surface area contributed by atoms with Crippen molar-refractivity contribution in [3.8, 4) is 11.3 Å². The van der Waals surface area contributed by atoms with Crippen LogP contribution in [0.4, 0.5) is 0 Å². The topological polar surface area (TPSA) is 58.9 Å². The number of halogens is 1. The third-order valence-electron chi connectivity index (χ3n) is 3.30. The van der Waals surface area contributed by atoms with Gasteiger partial charge in [0, 0.05) is 33.4 Å². The van der Waals surface area contributed by atoms with Crippen LogP contribution in [0.3, 0.4) is 0 Å². The summed E-state index contributed by atoms with van der Waals surface area (Å²) in [6, 6.07) is 7.79. The first kappa shape index (κ1) is 11.4. The van der Waals surface area contributed by atoms with Crippen molar-refractivity contribution in [3.63, 3.8) is 0 Å². The average molecular weight is 284 g/mol. The van der Waals surface area contributed by atoms with Crippen molar-refractivity contribution in [2.75, 3.05) is 0 Å².